The molecule has 1 aromatic rings. The van der Waals surface area contributed by atoms with Gasteiger partial charge in [-0.15, -0.1) is 0 Å². The molecular weight excluding hydrogens is 328 g/mol. The molecule has 2 fully saturated rings. The fourth-order valence-corrected chi connectivity index (χ4v) is 4.66. The van der Waals surface area contributed by atoms with Crippen molar-refractivity contribution in [1.29, 1.82) is 0 Å². The third kappa shape index (κ3) is 4.00. The van der Waals surface area contributed by atoms with Gasteiger partial charge in [0.1, 0.15) is 17.1 Å². The third-order valence-corrected chi connectivity index (χ3v) is 6.16. The Labute approximate surface area is 157 Å². The monoisotopic (exact) mass is 360 g/mol. The first-order valence-corrected chi connectivity index (χ1v) is 10.0. The summed E-state index contributed by atoms with van der Waals surface area (Å²) in [5.74, 6) is 2.60. The van der Waals surface area contributed by atoms with Gasteiger partial charge in [0.25, 0.3) is 0 Å². The SMILES string of the molecule is COc1ccc2c(c1)CN(C[C@H]1CCOC1)C[C@@]1(CCCN(C)CC1)O2. The van der Waals surface area contributed by atoms with Crippen molar-refractivity contribution < 1.29 is 14.2 Å². The van der Waals surface area contributed by atoms with Crippen molar-refractivity contribution >= 4 is 0 Å². The summed E-state index contributed by atoms with van der Waals surface area (Å²) in [6.07, 6.45) is 4.59. The maximum atomic E-state index is 6.75. The molecular formula is C21H32N2O3. The van der Waals surface area contributed by atoms with Gasteiger partial charge in [-0.3, -0.25) is 4.90 Å². The van der Waals surface area contributed by atoms with Crippen LogP contribution < -0.4 is 9.47 Å². The largest absolute Gasteiger partial charge is 0.497 e. The summed E-state index contributed by atoms with van der Waals surface area (Å²) in [5, 5.41) is 0. The number of likely N-dealkylation sites (tertiary alicyclic amines) is 1. The Morgan fingerprint density at radius 1 is 1.27 bits per heavy atom. The smallest absolute Gasteiger partial charge is 0.124 e. The summed E-state index contributed by atoms with van der Waals surface area (Å²) in [4.78, 5) is 5.04. The van der Waals surface area contributed by atoms with Gasteiger partial charge >= 0.3 is 0 Å². The highest BCUT2D eigenvalue weighted by molar-refractivity contribution is 5.41. The second-order valence-electron chi connectivity index (χ2n) is 8.31. The van der Waals surface area contributed by atoms with Gasteiger partial charge in [-0.2, -0.15) is 0 Å². The van der Waals surface area contributed by atoms with Crippen LogP contribution in [0.15, 0.2) is 18.2 Å². The summed E-state index contributed by atoms with van der Waals surface area (Å²) in [5.41, 5.74) is 1.17. The zero-order chi connectivity index (χ0) is 18.0. The van der Waals surface area contributed by atoms with E-state index in [1.54, 1.807) is 7.11 Å². The van der Waals surface area contributed by atoms with Gasteiger partial charge < -0.3 is 19.1 Å². The molecule has 0 radical (unpaired) electrons. The van der Waals surface area contributed by atoms with Crippen molar-refractivity contribution in [3.8, 4) is 11.5 Å². The Hall–Kier alpha value is -1.30. The zero-order valence-corrected chi connectivity index (χ0v) is 16.2. The summed E-state index contributed by atoms with van der Waals surface area (Å²) in [7, 11) is 3.96. The lowest BCUT2D eigenvalue weighted by molar-refractivity contribution is 0.0196. The molecule has 5 heteroatoms. The Bertz CT molecular complexity index is 617. The molecule has 0 bridgehead atoms. The third-order valence-electron chi connectivity index (χ3n) is 6.16. The van der Waals surface area contributed by atoms with E-state index in [2.05, 4.69) is 29.0 Å². The van der Waals surface area contributed by atoms with Crippen LogP contribution in [0.1, 0.15) is 31.2 Å². The Kier molecular flexibility index (Phi) is 5.39. The topological polar surface area (TPSA) is 34.2 Å². The van der Waals surface area contributed by atoms with Crippen molar-refractivity contribution in [3.63, 3.8) is 0 Å². The Morgan fingerprint density at radius 3 is 3.00 bits per heavy atom. The first-order valence-electron chi connectivity index (χ1n) is 10.0. The van der Waals surface area contributed by atoms with Gasteiger partial charge in [0.15, 0.2) is 0 Å². The Morgan fingerprint density at radius 2 is 2.19 bits per heavy atom. The first-order chi connectivity index (χ1) is 12.7. The summed E-state index contributed by atoms with van der Waals surface area (Å²) >= 11 is 0. The minimum absolute atomic E-state index is 0.0793. The predicted octanol–water partition coefficient (Wildman–Crippen LogP) is 2.78. The zero-order valence-electron chi connectivity index (χ0n) is 16.2. The number of rotatable bonds is 3. The molecule has 0 saturated carbocycles. The minimum atomic E-state index is -0.0793. The van der Waals surface area contributed by atoms with Crippen LogP contribution in [0.3, 0.4) is 0 Å². The van der Waals surface area contributed by atoms with E-state index in [9.17, 15) is 0 Å². The lowest BCUT2D eigenvalue weighted by Crippen LogP contribution is -2.47. The van der Waals surface area contributed by atoms with Crippen LogP contribution in [0.5, 0.6) is 11.5 Å². The molecule has 3 aliphatic rings. The van der Waals surface area contributed by atoms with Gasteiger partial charge in [0.05, 0.1) is 13.7 Å². The van der Waals surface area contributed by atoms with E-state index in [0.717, 1.165) is 70.3 Å². The number of hydrogen-bond donors (Lipinski definition) is 0. The molecule has 26 heavy (non-hydrogen) atoms. The molecule has 1 spiro atoms. The predicted molar refractivity (Wildman–Crippen MR) is 102 cm³/mol. The van der Waals surface area contributed by atoms with Gasteiger partial charge in [-0.1, -0.05) is 0 Å². The molecule has 144 valence electrons. The van der Waals surface area contributed by atoms with Gasteiger partial charge in [0.2, 0.25) is 0 Å². The standard InChI is InChI=1S/C21H32N2O3/c1-22-9-3-7-21(8-10-22)16-23(13-17-6-11-25-15-17)14-18-12-19(24-2)4-5-20(18)26-21/h4-5,12,17H,3,6-11,13-16H2,1-2H3/t17-,21+/m1/s1. The molecule has 0 amide bonds. The molecule has 2 saturated heterocycles. The maximum Gasteiger partial charge on any atom is 0.124 e. The first kappa shape index (κ1) is 18.1. The molecule has 0 N–H and O–H groups in total. The number of fused-ring (bicyclic) bond motifs is 1. The van der Waals surface area contributed by atoms with Crippen LogP contribution >= 0.6 is 0 Å². The van der Waals surface area contributed by atoms with E-state index < -0.39 is 0 Å². The highest BCUT2D eigenvalue weighted by Gasteiger charge is 2.39. The van der Waals surface area contributed by atoms with E-state index >= 15 is 0 Å². The number of ether oxygens (including phenoxy) is 3. The van der Waals surface area contributed by atoms with E-state index in [4.69, 9.17) is 14.2 Å². The molecule has 2 atom stereocenters. The lowest BCUT2D eigenvalue weighted by Gasteiger charge is -2.36. The molecule has 0 unspecified atom stereocenters. The average molecular weight is 360 g/mol. The molecule has 3 heterocycles. The number of hydrogen-bond acceptors (Lipinski definition) is 5. The van der Waals surface area contributed by atoms with E-state index in [1.807, 2.05) is 6.07 Å². The van der Waals surface area contributed by atoms with Gasteiger partial charge in [-0.25, -0.2) is 0 Å². The van der Waals surface area contributed by atoms with Crippen molar-refractivity contribution in [1.82, 2.24) is 9.80 Å². The second kappa shape index (κ2) is 7.75. The molecule has 3 aliphatic heterocycles. The van der Waals surface area contributed by atoms with Crippen LogP contribution in [0.2, 0.25) is 0 Å². The summed E-state index contributed by atoms with van der Waals surface area (Å²) < 4.78 is 17.8. The van der Waals surface area contributed by atoms with Crippen molar-refractivity contribution in [2.75, 3.05) is 53.6 Å². The summed E-state index contributed by atoms with van der Waals surface area (Å²) in [6.45, 7) is 7.11. The van der Waals surface area contributed by atoms with E-state index in [1.165, 1.54) is 18.4 Å². The van der Waals surface area contributed by atoms with E-state index in [-0.39, 0.29) is 5.60 Å². The molecule has 1 aromatic carbocycles. The van der Waals surface area contributed by atoms with Crippen molar-refractivity contribution in [3.05, 3.63) is 23.8 Å². The lowest BCUT2D eigenvalue weighted by atomic mass is 9.93. The van der Waals surface area contributed by atoms with Crippen LogP contribution in [0, 0.1) is 5.92 Å². The fraction of sp³-hybridized carbons (Fsp3) is 0.714. The van der Waals surface area contributed by atoms with Crippen LogP contribution in [-0.4, -0.2) is 69.0 Å². The molecule has 5 nitrogen and oxygen atoms in total. The van der Waals surface area contributed by atoms with Crippen molar-refractivity contribution in [2.24, 2.45) is 5.92 Å². The van der Waals surface area contributed by atoms with Crippen LogP contribution in [0.25, 0.3) is 0 Å². The highest BCUT2D eigenvalue weighted by Crippen LogP contribution is 2.37. The Balaban J connectivity index is 1.62. The van der Waals surface area contributed by atoms with Crippen molar-refractivity contribution in [2.45, 2.75) is 37.8 Å². The van der Waals surface area contributed by atoms with Crippen LogP contribution in [-0.2, 0) is 11.3 Å². The number of methoxy groups -OCH3 is 1. The minimum Gasteiger partial charge on any atom is -0.497 e. The molecule has 4 rings (SSSR count). The summed E-state index contributed by atoms with van der Waals surface area (Å²) in [6, 6.07) is 6.28. The molecule has 0 aromatic heterocycles. The quantitative estimate of drug-likeness (QED) is 0.828. The average Bonchev–Trinajstić information content (AvgIpc) is 3.01. The number of benzene rings is 1. The highest BCUT2D eigenvalue weighted by atomic mass is 16.5. The van der Waals surface area contributed by atoms with Crippen LogP contribution in [0.4, 0.5) is 0 Å². The number of nitrogens with zero attached hydrogens (tertiary/aromatic N) is 2. The van der Waals surface area contributed by atoms with Gasteiger partial charge in [0, 0.05) is 44.8 Å². The fourth-order valence-electron chi connectivity index (χ4n) is 4.66. The second-order valence-corrected chi connectivity index (χ2v) is 8.31. The van der Waals surface area contributed by atoms with E-state index in [0.29, 0.717) is 5.92 Å². The molecule has 0 aliphatic carbocycles. The maximum absolute atomic E-state index is 6.75. The van der Waals surface area contributed by atoms with Gasteiger partial charge in [-0.05, 0) is 57.0 Å². The normalized spacial score (nSPS) is 30.5.